The molecular formula is C34H36N6O2. The second-order valence-electron chi connectivity index (χ2n) is 10.0. The van der Waals surface area contributed by atoms with Crippen LogP contribution in [0.3, 0.4) is 0 Å². The Hall–Kier alpha value is -4.66. The van der Waals surface area contributed by atoms with Gasteiger partial charge in [-0.3, -0.25) is 9.98 Å². The lowest BCUT2D eigenvalue weighted by molar-refractivity contribution is 0.107. The number of hydrogen-bond donors (Lipinski definition) is 0. The van der Waals surface area contributed by atoms with E-state index < -0.39 is 0 Å². The lowest BCUT2D eigenvalue weighted by Crippen LogP contribution is -2.08. The molecule has 5 rings (SSSR count). The average molecular weight is 561 g/mol. The van der Waals surface area contributed by atoms with Gasteiger partial charge in [-0.25, -0.2) is 9.97 Å². The van der Waals surface area contributed by atoms with Crippen LogP contribution in [0.2, 0.25) is 0 Å². The molecule has 0 radical (unpaired) electrons. The fraction of sp³-hybridized carbons (Fsp3) is 0.235. The van der Waals surface area contributed by atoms with Crippen molar-refractivity contribution in [1.29, 1.82) is 0 Å². The minimum absolute atomic E-state index is 0.117. The first-order valence-corrected chi connectivity index (χ1v) is 14.0. The van der Waals surface area contributed by atoms with E-state index in [0.717, 1.165) is 33.9 Å². The predicted molar refractivity (Wildman–Crippen MR) is 166 cm³/mol. The summed E-state index contributed by atoms with van der Waals surface area (Å²) in [6, 6.07) is 28.5. The molecule has 0 saturated carbocycles. The molecular weight excluding hydrogens is 524 g/mol. The van der Waals surface area contributed by atoms with Crippen LogP contribution >= 0.6 is 0 Å². The molecule has 8 heteroatoms. The standard InChI is InChI=1S/C34H36N6O2/c1-39-19-17-35-33(39)21-37-31(29-9-5-3-6-10-29)25-41-23-27-13-15-28(16-14-27)24-42-26-32(30-11-7-4-8-12-30)38-22-34-36-18-20-40(34)2/h3-22,31-32H,23-26H2,1-2H3. The van der Waals surface area contributed by atoms with Gasteiger partial charge in [-0.05, 0) is 22.3 Å². The fourth-order valence-corrected chi connectivity index (χ4v) is 4.43. The highest BCUT2D eigenvalue weighted by Gasteiger charge is 2.12. The van der Waals surface area contributed by atoms with Crippen molar-refractivity contribution in [2.24, 2.45) is 24.1 Å². The van der Waals surface area contributed by atoms with Gasteiger partial charge in [0.2, 0.25) is 0 Å². The zero-order valence-corrected chi connectivity index (χ0v) is 24.0. The summed E-state index contributed by atoms with van der Waals surface area (Å²) in [7, 11) is 3.91. The molecule has 3 aromatic carbocycles. The van der Waals surface area contributed by atoms with E-state index in [1.807, 2.05) is 84.5 Å². The van der Waals surface area contributed by atoms with Gasteiger partial charge in [0.05, 0.1) is 50.9 Å². The Morgan fingerprint density at radius 1 is 0.619 bits per heavy atom. The van der Waals surface area contributed by atoms with Gasteiger partial charge in [-0.1, -0.05) is 84.9 Å². The minimum atomic E-state index is -0.117. The highest BCUT2D eigenvalue weighted by molar-refractivity contribution is 5.75. The number of ether oxygens (including phenoxy) is 2. The van der Waals surface area contributed by atoms with Crippen LogP contribution in [0.15, 0.2) is 120 Å². The van der Waals surface area contributed by atoms with Gasteiger partial charge in [-0.2, -0.15) is 0 Å². The van der Waals surface area contributed by atoms with Crippen LogP contribution < -0.4 is 0 Å². The van der Waals surface area contributed by atoms with Crippen molar-refractivity contribution in [2.75, 3.05) is 13.2 Å². The Labute approximate surface area is 247 Å². The summed E-state index contributed by atoms with van der Waals surface area (Å²) < 4.78 is 16.1. The number of imidazole rings is 2. The van der Waals surface area contributed by atoms with Crippen LogP contribution in [0.25, 0.3) is 0 Å². The predicted octanol–water partition coefficient (Wildman–Crippen LogP) is 5.91. The number of nitrogens with zero attached hydrogens (tertiary/aromatic N) is 6. The van der Waals surface area contributed by atoms with Crippen molar-refractivity contribution in [3.63, 3.8) is 0 Å². The SMILES string of the molecule is Cn1ccnc1C=NC(COCc1ccc(COCC(N=Cc2nccn2C)c2ccccc2)cc1)c1ccccc1. The van der Waals surface area contributed by atoms with Crippen molar-refractivity contribution in [3.8, 4) is 0 Å². The Morgan fingerprint density at radius 2 is 1.02 bits per heavy atom. The van der Waals surface area contributed by atoms with Gasteiger partial charge >= 0.3 is 0 Å². The van der Waals surface area contributed by atoms with Crippen LogP contribution in [0.4, 0.5) is 0 Å². The van der Waals surface area contributed by atoms with E-state index in [9.17, 15) is 0 Å². The maximum atomic E-state index is 6.11. The molecule has 0 aliphatic rings. The van der Waals surface area contributed by atoms with E-state index in [1.54, 1.807) is 12.4 Å². The maximum absolute atomic E-state index is 6.11. The lowest BCUT2D eigenvalue weighted by Gasteiger charge is -2.15. The second kappa shape index (κ2) is 14.8. The molecule has 8 nitrogen and oxygen atoms in total. The number of aromatic nitrogens is 4. The molecule has 0 aliphatic carbocycles. The molecule has 0 amide bonds. The number of benzene rings is 3. The maximum Gasteiger partial charge on any atom is 0.150 e. The Kier molecular flexibility index (Phi) is 10.2. The zero-order valence-electron chi connectivity index (χ0n) is 24.0. The van der Waals surface area contributed by atoms with E-state index in [4.69, 9.17) is 19.5 Å². The summed E-state index contributed by atoms with van der Waals surface area (Å²) in [4.78, 5) is 18.2. The fourth-order valence-electron chi connectivity index (χ4n) is 4.43. The molecule has 214 valence electrons. The number of hydrogen-bond acceptors (Lipinski definition) is 6. The third-order valence-corrected chi connectivity index (χ3v) is 6.94. The molecule has 0 saturated heterocycles. The largest absolute Gasteiger partial charge is 0.374 e. The summed E-state index contributed by atoms with van der Waals surface area (Å²) in [6.45, 7) is 1.94. The van der Waals surface area contributed by atoms with Crippen molar-refractivity contribution < 1.29 is 9.47 Å². The summed E-state index contributed by atoms with van der Waals surface area (Å²) in [5.74, 6) is 1.62. The Bertz CT molecular complexity index is 1440. The molecule has 0 spiro atoms. The summed E-state index contributed by atoms with van der Waals surface area (Å²) >= 11 is 0. The molecule has 2 atom stereocenters. The van der Waals surface area contributed by atoms with Gasteiger partial charge in [0.25, 0.3) is 0 Å². The monoisotopic (exact) mass is 560 g/mol. The van der Waals surface area contributed by atoms with Gasteiger partial charge in [0, 0.05) is 38.9 Å². The molecule has 0 aliphatic heterocycles. The highest BCUT2D eigenvalue weighted by atomic mass is 16.5. The Morgan fingerprint density at radius 3 is 1.38 bits per heavy atom. The molecule has 2 unspecified atom stereocenters. The summed E-state index contributed by atoms with van der Waals surface area (Å²) in [6.07, 6.45) is 11.0. The summed E-state index contributed by atoms with van der Waals surface area (Å²) in [5.41, 5.74) is 4.41. The second-order valence-corrected chi connectivity index (χ2v) is 10.0. The Balaban J connectivity index is 1.13. The van der Waals surface area contributed by atoms with E-state index in [-0.39, 0.29) is 12.1 Å². The molecule has 5 aromatic rings. The topological polar surface area (TPSA) is 78.8 Å². The first-order chi connectivity index (χ1) is 20.7. The quantitative estimate of drug-likeness (QED) is 0.158. The third-order valence-electron chi connectivity index (χ3n) is 6.94. The first kappa shape index (κ1) is 28.9. The van der Waals surface area contributed by atoms with E-state index in [2.05, 4.69) is 58.5 Å². The van der Waals surface area contributed by atoms with E-state index >= 15 is 0 Å². The van der Waals surface area contributed by atoms with Crippen molar-refractivity contribution >= 4 is 12.4 Å². The van der Waals surface area contributed by atoms with Gasteiger partial charge in [0.1, 0.15) is 11.6 Å². The number of aryl methyl sites for hydroxylation is 2. The highest BCUT2D eigenvalue weighted by Crippen LogP contribution is 2.20. The molecule has 2 aromatic heterocycles. The third kappa shape index (κ3) is 8.19. The molecule has 42 heavy (non-hydrogen) atoms. The van der Waals surface area contributed by atoms with E-state index in [0.29, 0.717) is 26.4 Å². The zero-order chi connectivity index (χ0) is 29.0. The molecule has 0 bridgehead atoms. The first-order valence-electron chi connectivity index (χ1n) is 14.0. The van der Waals surface area contributed by atoms with Crippen molar-refractivity contribution in [1.82, 2.24) is 19.1 Å². The van der Waals surface area contributed by atoms with Crippen LogP contribution in [0.5, 0.6) is 0 Å². The van der Waals surface area contributed by atoms with Gasteiger partial charge in [0.15, 0.2) is 0 Å². The molecule has 0 N–H and O–H groups in total. The van der Waals surface area contributed by atoms with Crippen LogP contribution in [0, 0.1) is 0 Å². The van der Waals surface area contributed by atoms with Crippen LogP contribution in [-0.2, 0) is 36.8 Å². The normalized spacial score (nSPS) is 13.2. The minimum Gasteiger partial charge on any atom is -0.374 e. The van der Waals surface area contributed by atoms with E-state index in [1.165, 1.54) is 0 Å². The van der Waals surface area contributed by atoms with Crippen molar-refractivity contribution in [2.45, 2.75) is 25.3 Å². The average Bonchev–Trinajstić information content (AvgIpc) is 3.64. The van der Waals surface area contributed by atoms with Gasteiger partial charge in [-0.15, -0.1) is 0 Å². The van der Waals surface area contributed by atoms with Crippen LogP contribution in [0.1, 0.15) is 46.0 Å². The number of aliphatic imine (C=N–C) groups is 2. The number of rotatable bonds is 14. The van der Waals surface area contributed by atoms with Crippen LogP contribution in [-0.4, -0.2) is 44.7 Å². The van der Waals surface area contributed by atoms with Crippen molar-refractivity contribution in [3.05, 3.63) is 144 Å². The lowest BCUT2D eigenvalue weighted by atomic mass is 10.1. The molecule has 0 fully saturated rings. The molecule has 2 heterocycles. The summed E-state index contributed by atoms with van der Waals surface area (Å²) in [5, 5.41) is 0. The van der Waals surface area contributed by atoms with Gasteiger partial charge < -0.3 is 18.6 Å². The smallest absolute Gasteiger partial charge is 0.150 e.